The largest absolute Gasteiger partial charge is 0.314 e. The van der Waals surface area contributed by atoms with Crippen molar-refractivity contribution in [1.29, 1.82) is 0 Å². The van der Waals surface area contributed by atoms with E-state index in [1.54, 1.807) is 0 Å². The Hall–Kier alpha value is -2.04. The fraction of sp³-hybridized carbons (Fsp3) is 0.300. The van der Waals surface area contributed by atoms with Crippen LogP contribution < -0.4 is 5.32 Å². The molecule has 1 fully saturated rings. The highest BCUT2D eigenvalue weighted by Gasteiger charge is 2.09. The summed E-state index contributed by atoms with van der Waals surface area (Å²) in [5, 5.41) is 3.35. The number of nitrogens with one attached hydrogen (secondary N) is 1. The van der Waals surface area contributed by atoms with Crippen molar-refractivity contribution in [2.45, 2.75) is 6.92 Å². The van der Waals surface area contributed by atoms with E-state index in [9.17, 15) is 8.78 Å². The number of benzene rings is 2. The molecule has 2 nitrogen and oxygen atoms in total. The molecule has 1 saturated heterocycles. The van der Waals surface area contributed by atoms with E-state index in [2.05, 4.69) is 23.2 Å². The number of hydrogen-bond donors (Lipinski definition) is 1. The minimum absolute atomic E-state index is 0.422. The molecule has 126 valence electrons. The molecule has 0 aliphatic carbocycles. The first kappa shape index (κ1) is 16.8. The third kappa shape index (κ3) is 4.08. The average molecular weight is 328 g/mol. The third-order valence-electron chi connectivity index (χ3n) is 4.45. The minimum Gasteiger partial charge on any atom is -0.314 e. The molecule has 0 radical (unpaired) electrons. The number of halogens is 2. The van der Waals surface area contributed by atoms with Gasteiger partial charge in [0.2, 0.25) is 0 Å². The van der Waals surface area contributed by atoms with Crippen LogP contribution in [-0.2, 0) is 0 Å². The zero-order valence-electron chi connectivity index (χ0n) is 13.9. The van der Waals surface area contributed by atoms with Crippen LogP contribution in [0.2, 0.25) is 0 Å². The summed E-state index contributed by atoms with van der Waals surface area (Å²) >= 11 is 0. The van der Waals surface area contributed by atoms with E-state index in [1.807, 2.05) is 24.3 Å². The van der Waals surface area contributed by atoms with E-state index >= 15 is 0 Å². The van der Waals surface area contributed by atoms with Crippen LogP contribution in [0.1, 0.15) is 12.5 Å². The smallest absolute Gasteiger partial charge is 0.133 e. The van der Waals surface area contributed by atoms with E-state index in [4.69, 9.17) is 0 Å². The van der Waals surface area contributed by atoms with Crippen LogP contribution in [-0.4, -0.2) is 37.6 Å². The summed E-state index contributed by atoms with van der Waals surface area (Å²) < 4.78 is 26.9. The molecular weight excluding hydrogens is 306 g/mol. The summed E-state index contributed by atoms with van der Waals surface area (Å²) in [5.74, 6) is -1.09. The summed E-state index contributed by atoms with van der Waals surface area (Å²) in [6.07, 6.45) is 2.23. The molecular formula is C20H22F2N2. The van der Waals surface area contributed by atoms with E-state index in [0.29, 0.717) is 5.56 Å². The third-order valence-corrected chi connectivity index (χ3v) is 4.45. The molecule has 24 heavy (non-hydrogen) atoms. The Morgan fingerprint density at radius 2 is 1.79 bits per heavy atom. The summed E-state index contributed by atoms with van der Waals surface area (Å²) in [5.41, 5.74) is 3.51. The predicted octanol–water partition coefficient (Wildman–Crippen LogP) is 3.94. The molecule has 1 heterocycles. The second kappa shape index (κ2) is 7.69. The van der Waals surface area contributed by atoms with Gasteiger partial charge in [0.1, 0.15) is 11.6 Å². The van der Waals surface area contributed by atoms with Crippen LogP contribution in [0, 0.1) is 11.6 Å². The number of nitrogens with zero attached hydrogens (tertiary/aromatic N) is 1. The average Bonchev–Trinajstić information content (AvgIpc) is 2.61. The lowest BCUT2D eigenvalue weighted by atomic mass is 10.0. The Bertz CT molecular complexity index is 717. The van der Waals surface area contributed by atoms with Gasteiger partial charge in [0, 0.05) is 44.4 Å². The molecule has 0 aromatic heterocycles. The maximum absolute atomic E-state index is 13.9. The normalized spacial score (nSPS) is 16.4. The Morgan fingerprint density at radius 3 is 2.46 bits per heavy atom. The Morgan fingerprint density at radius 1 is 1.08 bits per heavy atom. The molecule has 3 rings (SSSR count). The van der Waals surface area contributed by atoms with Crippen molar-refractivity contribution >= 4 is 5.57 Å². The monoisotopic (exact) mass is 328 g/mol. The quantitative estimate of drug-likeness (QED) is 0.914. The van der Waals surface area contributed by atoms with Gasteiger partial charge >= 0.3 is 0 Å². The molecule has 2 aromatic rings. The van der Waals surface area contributed by atoms with Crippen LogP contribution in [0.5, 0.6) is 0 Å². The van der Waals surface area contributed by atoms with Gasteiger partial charge in [0.05, 0.1) is 0 Å². The number of hydrogen-bond acceptors (Lipinski definition) is 2. The highest BCUT2D eigenvalue weighted by molar-refractivity contribution is 5.70. The van der Waals surface area contributed by atoms with Gasteiger partial charge in [-0.2, -0.15) is 0 Å². The van der Waals surface area contributed by atoms with Crippen LogP contribution in [0.25, 0.3) is 16.7 Å². The standard InChI is InChI=1S/C20H22F2N2/c1-15(8-11-24-12-9-23-10-13-24)16-2-4-17(5-3-16)19-7-6-18(21)14-20(19)22/h2-8,14,23H,9-13H2,1H3/b15-8-. The van der Waals surface area contributed by atoms with E-state index in [0.717, 1.165) is 49.9 Å². The van der Waals surface area contributed by atoms with Gasteiger partial charge in [-0.15, -0.1) is 0 Å². The van der Waals surface area contributed by atoms with Gasteiger partial charge in [-0.1, -0.05) is 30.3 Å². The van der Waals surface area contributed by atoms with Crippen LogP contribution in [0.4, 0.5) is 8.78 Å². The van der Waals surface area contributed by atoms with Crippen LogP contribution in [0.3, 0.4) is 0 Å². The second-order valence-corrected chi connectivity index (χ2v) is 6.14. The van der Waals surface area contributed by atoms with Crippen molar-refractivity contribution in [3.8, 4) is 11.1 Å². The van der Waals surface area contributed by atoms with Gasteiger partial charge < -0.3 is 5.32 Å². The van der Waals surface area contributed by atoms with Crippen molar-refractivity contribution in [1.82, 2.24) is 10.2 Å². The van der Waals surface area contributed by atoms with Gasteiger partial charge in [-0.25, -0.2) is 8.78 Å². The molecule has 2 aromatic carbocycles. The first-order valence-electron chi connectivity index (χ1n) is 8.29. The van der Waals surface area contributed by atoms with Crippen molar-refractivity contribution in [2.75, 3.05) is 32.7 Å². The van der Waals surface area contributed by atoms with E-state index in [-0.39, 0.29) is 0 Å². The molecule has 1 N–H and O–H groups in total. The van der Waals surface area contributed by atoms with Crippen molar-refractivity contribution in [2.24, 2.45) is 0 Å². The minimum atomic E-state index is -0.556. The summed E-state index contributed by atoms with van der Waals surface area (Å²) in [6, 6.07) is 11.4. The number of rotatable bonds is 4. The van der Waals surface area contributed by atoms with Gasteiger partial charge in [-0.05, 0) is 35.8 Å². The zero-order valence-corrected chi connectivity index (χ0v) is 13.9. The maximum atomic E-state index is 13.9. The summed E-state index contributed by atoms with van der Waals surface area (Å²) in [4.78, 5) is 2.42. The predicted molar refractivity (Wildman–Crippen MR) is 94.8 cm³/mol. The second-order valence-electron chi connectivity index (χ2n) is 6.14. The fourth-order valence-electron chi connectivity index (χ4n) is 2.91. The Balaban J connectivity index is 1.71. The molecule has 0 atom stereocenters. The van der Waals surface area contributed by atoms with Gasteiger partial charge in [0.15, 0.2) is 0 Å². The molecule has 1 aliphatic rings. The molecule has 1 aliphatic heterocycles. The van der Waals surface area contributed by atoms with E-state index < -0.39 is 11.6 Å². The van der Waals surface area contributed by atoms with Crippen LogP contribution >= 0.6 is 0 Å². The SMILES string of the molecule is C/C(=C/CN1CCNCC1)c1ccc(-c2ccc(F)cc2F)cc1. The van der Waals surface area contributed by atoms with Gasteiger partial charge in [0.25, 0.3) is 0 Å². The van der Waals surface area contributed by atoms with Crippen LogP contribution in [0.15, 0.2) is 48.5 Å². The lowest BCUT2D eigenvalue weighted by Gasteiger charge is -2.26. The number of allylic oxidation sites excluding steroid dienone is 1. The van der Waals surface area contributed by atoms with E-state index in [1.165, 1.54) is 17.7 Å². The lowest BCUT2D eigenvalue weighted by Crippen LogP contribution is -2.43. The molecule has 4 heteroatoms. The summed E-state index contributed by atoms with van der Waals surface area (Å²) in [6.45, 7) is 7.28. The fourth-order valence-corrected chi connectivity index (χ4v) is 2.91. The zero-order chi connectivity index (χ0) is 16.9. The van der Waals surface area contributed by atoms with Gasteiger partial charge in [-0.3, -0.25) is 4.90 Å². The highest BCUT2D eigenvalue weighted by Crippen LogP contribution is 2.25. The molecule has 0 unspecified atom stereocenters. The maximum Gasteiger partial charge on any atom is 0.133 e. The van der Waals surface area contributed by atoms with Crippen molar-refractivity contribution in [3.05, 3.63) is 65.7 Å². The first-order chi connectivity index (χ1) is 11.6. The molecule has 0 amide bonds. The van der Waals surface area contributed by atoms with Crippen molar-refractivity contribution in [3.63, 3.8) is 0 Å². The first-order valence-corrected chi connectivity index (χ1v) is 8.29. The molecule has 0 saturated carbocycles. The topological polar surface area (TPSA) is 15.3 Å². The molecule has 0 bridgehead atoms. The highest BCUT2D eigenvalue weighted by atomic mass is 19.1. The Labute approximate surface area is 141 Å². The number of piperazine rings is 1. The molecule has 0 spiro atoms. The lowest BCUT2D eigenvalue weighted by molar-refractivity contribution is 0.265. The Kier molecular flexibility index (Phi) is 5.38. The van der Waals surface area contributed by atoms with Crippen molar-refractivity contribution < 1.29 is 8.78 Å². The summed E-state index contributed by atoms with van der Waals surface area (Å²) in [7, 11) is 0.